The zero-order valence-electron chi connectivity index (χ0n) is 16.0. The van der Waals surface area contributed by atoms with Crippen LogP contribution in [0.5, 0.6) is 0 Å². The maximum Gasteiger partial charge on any atom is 0.282 e. The second kappa shape index (κ2) is 9.64. The maximum absolute atomic E-state index is 13.0. The van der Waals surface area contributed by atoms with Crippen LogP contribution in [0.15, 0.2) is 70.2 Å². The summed E-state index contributed by atoms with van der Waals surface area (Å²) in [5.74, 6) is 0.0596. The molecule has 9 heteroatoms. The highest BCUT2D eigenvalue weighted by molar-refractivity contribution is 7.99. The number of carbonyl (C=O) groups is 1. The Balaban J connectivity index is 1.47. The minimum absolute atomic E-state index is 0.105. The van der Waals surface area contributed by atoms with Gasteiger partial charge in [-0.05, 0) is 23.4 Å². The Bertz CT molecular complexity index is 1190. The van der Waals surface area contributed by atoms with Crippen molar-refractivity contribution in [3.05, 3.63) is 81.0 Å². The zero-order chi connectivity index (χ0) is 20.8. The predicted octanol–water partition coefficient (Wildman–Crippen LogP) is 2.75. The first-order valence-corrected chi connectivity index (χ1v) is 11.2. The van der Waals surface area contributed by atoms with Crippen LogP contribution in [0.25, 0.3) is 11.2 Å². The predicted molar refractivity (Wildman–Crippen MR) is 119 cm³/mol. The minimum atomic E-state index is -0.256. The molecule has 0 fully saturated rings. The molecular formula is C21H19N5O2S2. The van der Waals surface area contributed by atoms with Crippen LogP contribution in [0, 0.1) is 0 Å². The number of rotatable bonds is 8. The molecule has 7 nitrogen and oxygen atoms in total. The lowest BCUT2D eigenvalue weighted by atomic mass is 10.1. The van der Waals surface area contributed by atoms with Gasteiger partial charge in [0.15, 0.2) is 16.3 Å². The molecule has 0 saturated carbocycles. The molecule has 4 rings (SSSR count). The monoisotopic (exact) mass is 437 g/mol. The van der Waals surface area contributed by atoms with Crippen LogP contribution >= 0.6 is 23.1 Å². The highest BCUT2D eigenvalue weighted by Gasteiger charge is 2.15. The van der Waals surface area contributed by atoms with Crippen molar-refractivity contribution in [3.8, 4) is 0 Å². The van der Waals surface area contributed by atoms with Gasteiger partial charge in [-0.2, -0.15) is 0 Å². The maximum atomic E-state index is 13.0. The number of carbonyl (C=O) groups excluding carboxylic acids is 1. The first-order chi connectivity index (χ1) is 14.7. The summed E-state index contributed by atoms with van der Waals surface area (Å²) in [6.07, 6.45) is 3.75. The Hall–Kier alpha value is -3.04. The molecule has 0 bridgehead atoms. The Morgan fingerprint density at radius 2 is 1.93 bits per heavy atom. The van der Waals surface area contributed by atoms with Gasteiger partial charge in [0.05, 0.1) is 12.3 Å². The van der Waals surface area contributed by atoms with Gasteiger partial charge in [-0.25, -0.2) is 15.0 Å². The van der Waals surface area contributed by atoms with Gasteiger partial charge in [0, 0.05) is 23.8 Å². The summed E-state index contributed by atoms with van der Waals surface area (Å²) in [7, 11) is 0. The summed E-state index contributed by atoms with van der Waals surface area (Å²) < 4.78 is 1.56. The molecule has 0 aliphatic carbocycles. The number of amides is 1. The van der Waals surface area contributed by atoms with Crippen LogP contribution in [0.4, 0.5) is 0 Å². The van der Waals surface area contributed by atoms with Crippen LogP contribution in [-0.4, -0.2) is 37.7 Å². The summed E-state index contributed by atoms with van der Waals surface area (Å²) in [5.41, 5.74) is 1.43. The molecule has 4 aromatic rings. The van der Waals surface area contributed by atoms with Crippen molar-refractivity contribution in [2.75, 3.05) is 12.3 Å². The molecular weight excluding hydrogens is 418 g/mol. The third-order valence-electron chi connectivity index (χ3n) is 4.36. The van der Waals surface area contributed by atoms with E-state index in [-0.39, 0.29) is 28.4 Å². The summed E-state index contributed by atoms with van der Waals surface area (Å²) >= 11 is 2.79. The third kappa shape index (κ3) is 4.92. The number of thioether (sulfide) groups is 1. The molecule has 152 valence electrons. The molecule has 1 aromatic carbocycles. The summed E-state index contributed by atoms with van der Waals surface area (Å²) in [6.45, 7) is 0.940. The third-order valence-corrected chi connectivity index (χ3v) is 6.20. The molecule has 0 aliphatic rings. The molecule has 0 spiro atoms. The molecule has 3 heterocycles. The quantitative estimate of drug-likeness (QED) is 0.337. The lowest BCUT2D eigenvalue weighted by Crippen LogP contribution is -2.29. The lowest BCUT2D eigenvalue weighted by molar-refractivity contribution is -0.118. The SMILES string of the molecule is O=C(CSc1nc2nccnc2c(=O)n1Cc1cccs1)NCCc1ccccc1. The van der Waals surface area contributed by atoms with E-state index in [2.05, 4.69) is 20.3 Å². The van der Waals surface area contributed by atoms with E-state index in [1.54, 1.807) is 15.9 Å². The van der Waals surface area contributed by atoms with E-state index in [0.29, 0.717) is 18.2 Å². The minimum Gasteiger partial charge on any atom is -0.355 e. The molecule has 0 saturated heterocycles. The summed E-state index contributed by atoms with van der Waals surface area (Å²) in [5, 5.41) is 5.34. The van der Waals surface area contributed by atoms with E-state index in [0.717, 1.165) is 11.3 Å². The zero-order valence-corrected chi connectivity index (χ0v) is 17.7. The van der Waals surface area contributed by atoms with Crippen molar-refractivity contribution < 1.29 is 4.79 Å². The van der Waals surface area contributed by atoms with Crippen molar-refractivity contribution in [3.63, 3.8) is 0 Å². The van der Waals surface area contributed by atoms with Crippen LogP contribution < -0.4 is 10.9 Å². The normalized spacial score (nSPS) is 10.9. The number of benzene rings is 1. The van der Waals surface area contributed by atoms with E-state index in [1.165, 1.54) is 29.7 Å². The average molecular weight is 438 g/mol. The van der Waals surface area contributed by atoms with E-state index >= 15 is 0 Å². The Labute approximate surface area is 181 Å². The highest BCUT2D eigenvalue weighted by Crippen LogP contribution is 2.19. The average Bonchev–Trinajstić information content (AvgIpc) is 3.29. The fraction of sp³-hybridized carbons (Fsp3) is 0.190. The first-order valence-electron chi connectivity index (χ1n) is 9.38. The molecule has 1 amide bonds. The highest BCUT2D eigenvalue weighted by atomic mass is 32.2. The lowest BCUT2D eigenvalue weighted by Gasteiger charge is -2.11. The van der Waals surface area contributed by atoms with Crippen LogP contribution in [0.1, 0.15) is 10.4 Å². The molecule has 0 aliphatic heterocycles. The fourth-order valence-electron chi connectivity index (χ4n) is 2.91. The van der Waals surface area contributed by atoms with Crippen molar-refractivity contribution in [2.24, 2.45) is 0 Å². The van der Waals surface area contributed by atoms with Crippen molar-refractivity contribution in [2.45, 2.75) is 18.1 Å². The van der Waals surface area contributed by atoms with Gasteiger partial charge in [0.2, 0.25) is 5.91 Å². The summed E-state index contributed by atoms with van der Waals surface area (Å²) in [6, 6.07) is 13.9. The largest absolute Gasteiger partial charge is 0.355 e. The number of nitrogens with zero attached hydrogens (tertiary/aromatic N) is 4. The number of hydrogen-bond acceptors (Lipinski definition) is 7. The molecule has 30 heavy (non-hydrogen) atoms. The molecule has 1 N–H and O–H groups in total. The molecule has 0 radical (unpaired) electrons. The van der Waals surface area contributed by atoms with Gasteiger partial charge in [-0.3, -0.25) is 14.2 Å². The van der Waals surface area contributed by atoms with E-state index < -0.39 is 0 Å². The summed E-state index contributed by atoms with van der Waals surface area (Å²) in [4.78, 5) is 39.1. The molecule has 0 unspecified atom stereocenters. The van der Waals surface area contributed by atoms with Gasteiger partial charge < -0.3 is 5.32 Å². The van der Waals surface area contributed by atoms with Gasteiger partial charge >= 0.3 is 0 Å². The standard InChI is InChI=1S/C21H19N5O2S2/c27-17(22-9-8-15-5-2-1-3-6-15)14-30-21-25-19-18(23-10-11-24-19)20(28)26(21)13-16-7-4-12-29-16/h1-7,10-12H,8-9,13-14H2,(H,22,27). The van der Waals surface area contributed by atoms with Crippen molar-refractivity contribution in [1.29, 1.82) is 0 Å². The van der Waals surface area contributed by atoms with E-state index in [4.69, 9.17) is 0 Å². The number of hydrogen-bond donors (Lipinski definition) is 1. The van der Waals surface area contributed by atoms with E-state index in [1.807, 2.05) is 47.8 Å². The van der Waals surface area contributed by atoms with Crippen LogP contribution in [0.2, 0.25) is 0 Å². The van der Waals surface area contributed by atoms with Crippen LogP contribution in [-0.2, 0) is 17.8 Å². The van der Waals surface area contributed by atoms with Gasteiger partial charge in [0.25, 0.3) is 5.56 Å². The fourth-order valence-corrected chi connectivity index (χ4v) is 4.42. The topological polar surface area (TPSA) is 89.8 Å². The molecule has 3 aromatic heterocycles. The first kappa shape index (κ1) is 20.2. The Morgan fingerprint density at radius 1 is 1.10 bits per heavy atom. The Kier molecular flexibility index (Phi) is 6.50. The van der Waals surface area contributed by atoms with Crippen LogP contribution in [0.3, 0.4) is 0 Å². The number of aromatic nitrogens is 4. The van der Waals surface area contributed by atoms with Crippen molar-refractivity contribution in [1.82, 2.24) is 24.8 Å². The number of fused-ring (bicyclic) bond motifs is 1. The number of nitrogens with one attached hydrogen (secondary N) is 1. The van der Waals surface area contributed by atoms with Gasteiger partial charge in [-0.15, -0.1) is 11.3 Å². The van der Waals surface area contributed by atoms with Gasteiger partial charge in [-0.1, -0.05) is 48.2 Å². The second-order valence-corrected chi connectivity index (χ2v) is 8.44. The van der Waals surface area contributed by atoms with E-state index in [9.17, 15) is 9.59 Å². The number of thiophene rings is 1. The molecule has 0 atom stereocenters. The Morgan fingerprint density at radius 3 is 2.73 bits per heavy atom. The van der Waals surface area contributed by atoms with Gasteiger partial charge in [0.1, 0.15) is 0 Å². The van der Waals surface area contributed by atoms with Crippen molar-refractivity contribution >= 4 is 40.2 Å². The smallest absolute Gasteiger partial charge is 0.282 e. The second-order valence-electron chi connectivity index (χ2n) is 6.47.